The summed E-state index contributed by atoms with van der Waals surface area (Å²) in [7, 11) is 0. The molecule has 1 atom stereocenters. The zero-order valence-electron chi connectivity index (χ0n) is 10.7. The number of nitrogens with two attached hydrogens (primary N) is 1. The first kappa shape index (κ1) is 13.5. The van der Waals surface area contributed by atoms with Crippen LogP contribution in [-0.2, 0) is 13.0 Å². The molecule has 2 N–H and O–H groups in total. The summed E-state index contributed by atoms with van der Waals surface area (Å²) >= 11 is 2.30. The van der Waals surface area contributed by atoms with Gasteiger partial charge in [0.1, 0.15) is 0 Å². The highest BCUT2D eigenvalue weighted by molar-refractivity contribution is 14.1. The van der Waals surface area contributed by atoms with Gasteiger partial charge in [0.15, 0.2) is 0 Å². The van der Waals surface area contributed by atoms with Crippen molar-refractivity contribution in [2.24, 2.45) is 5.73 Å². The van der Waals surface area contributed by atoms with Gasteiger partial charge < -0.3 is 5.73 Å². The summed E-state index contributed by atoms with van der Waals surface area (Å²) in [6.45, 7) is 5.01. The average molecular weight is 355 g/mol. The van der Waals surface area contributed by atoms with Gasteiger partial charge in [-0.1, -0.05) is 12.1 Å². The van der Waals surface area contributed by atoms with Crippen LogP contribution in [0.2, 0.25) is 0 Å². The van der Waals surface area contributed by atoms with Gasteiger partial charge in [-0.3, -0.25) is 4.68 Å². The first-order valence-electron chi connectivity index (χ1n) is 6.14. The van der Waals surface area contributed by atoms with Crippen LogP contribution in [0.4, 0.5) is 0 Å². The second-order valence-corrected chi connectivity index (χ2v) is 5.70. The maximum atomic E-state index is 6.27. The monoisotopic (exact) mass is 355 g/mol. The molecule has 0 amide bonds. The fraction of sp³-hybridized carbons (Fsp3) is 0.357. The summed E-state index contributed by atoms with van der Waals surface area (Å²) < 4.78 is 3.26. The van der Waals surface area contributed by atoms with Gasteiger partial charge >= 0.3 is 0 Å². The maximum absolute atomic E-state index is 6.27. The highest BCUT2D eigenvalue weighted by Gasteiger charge is 2.11. The second kappa shape index (κ2) is 5.84. The zero-order chi connectivity index (χ0) is 13.1. The van der Waals surface area contributed by atoms with Crippen molar-refractivity contribution in [1.82, 2.24) is 9.78 Å². The number of nitrogens with zero attached hydrogens (tertiary/aromatic N) is 2. The molecule has 2 aromatic rings. The van der Waals surface area contributed by atoms with Crippen LogP contribution in [0.15, 0.2) is 30.3 Å². The van der Waals surface area contributed by atoms with Gasteiger partial charge in [-0.25, -0.2) is 0 Å². The molecular formula is C14H18IN3. The first-order chi connectivity index (χ1) is 8.60. The lowest BCUT2D eigenvalue weighted by Crippen LogP contribution is -2.16. The SMILES string of the molecule is CCn1nc(C)cc1CC(N)c1ccc(I)cc1. The molecule has 4 heteroatoms. The molecular weight excluding hydrogens is 337 g/mol. The lowest BCUT2D eigenvalue weighted by atomic mass is 10.0. The molecule has 0 saturated heterocycles. The Labute approximate surface area is 122 Å². The highest BCUT2D eigenvalue weighted by atomic mass is 127. The molecule has 1 unspecified atom stereocenters. The normalized spacial score (nSPS) is 12.7. The van der Waals surface area contributed by atoms with Crippen LogP contribution in [0.1, 0.15) is 29.9 Å². The molecule has 1 aromatic carbocycles. The molecule has 3 nitrogen and oxygen atoms in total. The van der Waals surface area contributed by atoms with Crippen molar-refractivity contribution in [1.29, 1.82) is 0 Å². The molecule has 1 aromatic heterocycles. The lowest BCUT2D eigenvalue weighted by Gasteiger charge is -2.13. The zero-order valence-corrected chi connectivity index (χ0v) is 12.9. The van der Waals surface area contributed by atoms with Crippen molar-refractivity contribution in [2.45, 2.75) is 32.9 Å². The number of halogens is 1. The van der Waals surface area contributed by atoms with Gasteiger partial charge in [-0.05, 0) is 60.2 Å². The largest absolute Gasteiger partial charge is 0.324 e. The van der Waals surface area contributed by atoms with E-state index >= 15 is 0 Å². The van der Waals surface area contributed by atoms with Crippen LogP contribution in [0.5, 0.6) is 0 Å². The van der Waals surface area contributed by atoms with Crippen molar-refractivity contribution in [3.05, 3.63) is 50.9 Å². The average Bonchev–Trinajstić information content (AvgIpc) is 2.70. The van der Waals surface area contributed by atoms with Crippen molar-refractivity contribution in [3.63, 3.8) is 0 Å². The van der Waals surface area contributed by atoms with Crippen LogP contribution in [0, 0.1) is 10.5 Å². The third kappa shape index (κ3) is 3.11. The Morgan fingerprint density at radius 3 is 2.61 bits per heavy atom. The van der Waals surface area contributed by atoms with Gasteiger partial charge in [-0.15, -0.1) is 0 Å². The summed E-state index contributed by atoms with van der Waals surface area (Å²) in [5.41, 5.74) is 9.71. The number of aromatic nitrogens is 2. The van der Waals surface area contributed by atoms with Crippen LogP contribution in [0.3, 0.4) is 0 Å². The van der Waals surface area contributed by atoms with Gasteiger partial charge in [-0.2, -0.15) is 5.10 Å². The Bertz CT molecular complexity index is 516. The van der Waals surface area contributed by atoms with Gasteiger partial charge in [0.2, 0.25) is 0 Å². The number of hydrogen-bond acceptors (Lipinski definition) is 2. The molecule has 18 heavy (non-hydrogen) atoms. The van der Waals surface area contributed by atoms with E-state index in [4.69, 9.17) is 5.73 Å². The molecule has 1 heterocycles. The summed E-state index contributed by atoms with van der Waals surface area (Å²) in [5, 5.41) is 4.45. The Kier molecular flexibility index (Phi) is 4.40. The number of benzene rings is 1. The van der Waals surface area contributed by atoms with Crippen LogP contribution >= 0.6 is 22.6 Å². The third-order valence-electron chi connectivity index (χ3n) is 3.01. The van der Waals surface area contributed by atoms with E-state index in [1.54, 1.807) is 0 Å². The summed E-state index contributed by atoms with van der Waals surface area (Å²) in [4.78, 5) is 0. The van der Waals surface area contributed by atoms with E-state index in [9.17, 15) is 0 Å². The molecule has 0 fully saturated rings. The molecule has 0 bridgehead atoms. The Hall–Kier alpha value is -0.880. The van der Waals surface area contributed by atoms with Crippen molar-refractivity contribution in [2.75, 3.05) is 0 Å². The summed E-state index contributed by atoms with van der Waals surface area (Å²) in [5.74, 6) is 0. The number of aryl methyl sites for hydroxylation is 2. The van der Waals surface area contributed by atoms with Crippen LogP contribution in [0.25, 0.3) is 0 Å². The molecule has 0 radical (unpaired) electrons. The molecule has 2 rings (SSSR count). The van der Waals surface area contributed by atoms with Crippen molar-refractivity contribution >= 4 is 22.6 Å². The molecule has 0 aliphatic heterocycles. The quantitative estimate of drug-likeness (QED) is 0.857. The van der Waals surface area contributed by atoms with E-state index in [0.29, 0.717) is 0 Å². The first-order valence-corrected chi connectivity index (χ1v) is 7.22. The van der Waals surface area contributed by atoms with E-state index in [-0.39, 0.29) is 6.04 Å². The fourth-order valence-electron chi connectivity index (χ4n) is 2.09. The van der Waals surface area contributed by atoms with Gasteiger partial charge in [0.25, 0.3) is 0 Å². The predicted molar refractivity (Wildman–Crippen MR) is 82.4 cm³/mol. The Morgan fingerprint density at radius 2 is 2.00 bits per heavy atom. The van der Waals surface area contributed by atoms with E-state index < -0.39 is 0 Å². The standard InChI is InChI=1S/C14H18IN3/c1-3-18-13(8-10(2)17-18)9-14(16)11-4-6-12(15)7-5-11/h4-8,14H,3,9,16H2,1-2H3. The molecule has 0 saturated carbocycles. The summed E-state index contributed by atoms with van der Waals surface area (Å²) in [6.07, 6.45) is 0.829. The van der Waals surface area contributed by atoms with Crippen molar-refractivity contribution in [3.8, 4) is 0 Å². The van der Waals surface area contributed by atoms with Crippen LogP contribution < -0.4 is 5.73 Å². The van der Waals surface area contributed by atoms with E-state index in [0.717, 1.165) is 18.7 Å². The predicted octanol–water partition coefficient (Wildman–Crippen LogP) is 3.06. The van der Waals surface area contributed by atoms with Crippen LogP contribution in [-0.4, -0.2) is 9.78 Å². The fourth-order valence-corrected chi connectivity index (χ4v) is 2.45. The lowest BCUT2D eigenvalue weighted by molar-refractivity contribution is 0.587. The summed E-state index contributed by atoms with van der Waals surface area (Å²) in [6, 6.07) is 10.5. The molecule has 0 aliphatic carbocycles. The number of hydrogen-bond donors (Lipinski definition) is 1. The van der Waals surface area contributed by atoms with E-state index in [1.807, 2.05) is 11.6 Å². The van der Waals surface area contributed by atoms with Gasteiger partial charge in [0, 0.05) is 28.3 Å². The Morgan fingerprint density at radius 1 is 1.33 bits per heavy atom. The Balaban J connectivity index is 2.15. The minimum atomic E-state index is 0.0309. The molecule has 96 valence electrons. The van der Waals surface area contributed by atoms with Gasteiger partial charge in [0.05, 0.1) is 5.69 Å². The molecule has 0 aliphatic rings. The topological polar surface area (TPSA) is 43.8 Å². The minimum Gasteiger partial charge on any atom is -0.324 e. The maximum Gasteiger partial charge on any atom is 0.0596 e. The smallest absolute Gasteiger partial charge is 0.0596 e. The second-order valence-electron chi connectivity index (χ2n) is 4.45. The molecule has 0 spiro atoms. The minimum absolute atomic E-state index is 0.0309. The third-order valence-corrected chi connectivity index (χ3v) is 3.73. The van der Waals surface area contributed by atoms with Crippen molar-refractivity contribution < 1.29 is 0 Å². The highest BCUT2D eigenvalue weighted by Crippen LogP contribution is 2.18. The number of rotatable bonds is 4. The van der Waals surface area contributed by atoms with E-state index in [1.165, 1.54) is 14.8 Å². The van der Waals surface area contributed by atoms with E-state index in [2.05, 4.69) is 64.9 Å².